The number of alkyl halides is 4. The van der Waals surface area contributed by atoms with Gasteiger partial charge in [0, 0.05) is 12.4 Å². The molecule has 0 aliphatic carbocycles. The number of halogens is 4. The summed E-state index contributed by atoms with van der Waals surface area (Å²) in [4.78, 5) is 8.64. The molecule has 30 heavy (non-hydrogen) atoms. The first-order valence-electron chi connectivity index (χ1n) is 8.76. The molecule has 0 saturated carbocycles. The van der Waals surface area contributed by atoms with Crippen molar-refractivity contribution in [3.05, 3.63) is 83.9 Å². The minimum Gasteiger partial charge on any atom is -0.435 e. The van der Waals surface area contributed by atoms with Gasteiger partial charge in [-0.15, -0.1) is 0 Å². The molecule has 0 aliphatic heterocycles. The van der Waals surface area contributed by atoms with E-state index in [-0.39, 0.29) is 11.5 Å². The summed E-state index contributed by atoms with van der Waals surface area (Å²) in [5, 5.41) is 0. The number of rotatable bonds is 8. The predicted octanol–water partition coefficient (Wildman–Crippen LogP) is 6.39. The van der Waals surface area contributed by atoms with Crippen molar-refractivity contribution in [1.82, 2.24) is 0 Å². The molecule has 3 rings (SSSR count). The van der Waals surface area contributed by atoms with E-state index in [0.29, 0.717) is 11.4 Å². The number of ether oxygens (including phenoxy) is 2. The van der Waals surface area contributed by atoms with E-state index in [0.717, 1.165) is 11.1 Å². The van der Waals surface area contributed by atoms with Crippen molar-refractivity contribution in [2.75, 3.05) is 0 Å². The fraction of sp³-hybridized carbons (Fsp3) is 0.0909. The quantitative estimate of drug-likeness (QED) is 0.315. The molecule has 0 aliphatic rings. The van der Waals surface area contributed by atoms with Crippen molar-refractivity contribution in [3.8, 4) is 11.5 Å². The number of benzene rings is 3. The Morgan fingerprint density at radius 3 is 1.17 bits per heavy atom. The summed E-state index contributed by atoms with van der Waals surface area (Å²) in [5.41, 5.74) is 2.85. The second kappa shape index (κ2) is 10.2. The zero-order valence-electron chi connectivity index (χ0n) is 15.5. The van der Waals surface area contributed by atoms with Crippen molar-refractivity contribution in [1.29, 1.82) is 0 Å². The normalized spacial score (nSPS) is 11.7. The maximum atomic E-state index is 12.1. The Balaban J connectivity index is 1.58. The highest BCUT2D eigenvalue weighted by atomic mass is 19.3. The summed E-state index contributed by atoms with van der Waals surface area (Å²) in [7, 11) is 0. The van der Waals surface area contributed by atoms with Crippen LogP contribution in [0.1, 0.15) is 11.1 Å². The number of hydrogen-bond acceptors (Lipinski definition) is 4. The second-order valence-electron chi connectivity index (χ2n) is 5.93. The molecule has 0 bridgehead atoms. The van der Waals surface area contributed by atoms with Crippen molar-refractivity contribution in [2.45, 2.75) is 13.2 Å². The Morgan fingerprint density at radius 2 is 0.867 bits per heavy atom. The highest BCUT2D eigenvalue weighted by Crippen LogP contribution is 2.20. The van der Waals surface area contributed by atoms with Crippen LogP contribution in [0.3, 0.4) is 0 Å². The van der Waals surface area contributed by atoms with Crippen LogP contribution >= 0.6 is 0 Å². The molecule has 0 amide bonds. The summed E-state index contributed by atoms with van der Waals surface area (Å²) in [6, 6.07) is 19.4. The fourth-order valence-corrected chi connectivity index (χ4v) is 2.39. The molecule has 3 aromatic rings. The maximum absolute atomic E-state index is 12.1. The molecule has 3 aromatic carbocycles. The first-order valence-corrected chi connectivity index (χ1v) is 8.76. The van der Waals surface area contributed by atoms with Gasteiger partial charge in [0.1, 0.15) is 11.5 Å². The summed E-state index contributed by atoms with van der Waals surface area (Å²) >= 11 is 0. The zero-order valence-corrected chi connectivity index (χ0v) is 15.5. The molecule has 0 unspecified atom stereocenters. The van der Waals surface area contributed by atoms with E-state index >= 15 is 0 Å². The van der Waals surface area contributed by atoms with Crippen LogP contribution in [0.2, 0.25) is 0 Å². The Labute approximate surface area is 170 Å². The van der Waals surface area contributed by atoms with Gasteiger partial charge >= 0.3 is 13.2 Å². The number of aliphatic imine (C=N–C) groups is 2. The van der Waals surface area contributed by atoms with Crippen LogP contribution in [-0.4, -0.2) is 25.7 Å². The molecule has 0 heterocycles. The lowest BCUT2D eigenvalue weighted by Crippen LogP contribution is -2.01. The van der Waals surface area contributed by atoms with Gasteiger partial charge in [-0.2, -0.15) is 17.6 Å². The van der Waals surface area contributed by atoms with E-state index < -0.39 is 13.2 Å². The van der Waals surface area contributed by atoms with Crippen molar-refractivity contribution in [3.63, 3.8) is 0 Å². The van der Waals surface area contributed by atoms with Crippen LogP contribution < -0.4 is 9.47 Å². The molecule has 0 fully saturated rings. The molecule has 8 heteroatoms. The third kappa shape index (κ3) is 6.73. The zero-order chi connectivity index (χ0) is 21.3. The van der Waals surface area contributed by atoms with Crippen LogP contribution in [-0.2, 0) is 0 Å². The Bertz CT molecular complexity index is 905. The van der Waals surface area contributed by atoms with E-state index in [1.807, 2.05) is 0 Å². The van der Waals surface area contributed by atoms with Crippen LogP contribution in [0.4, 0.5) is 28.9 Å². The van der Waals surface area contributed by atoms with Gasteiger partial charge < -0.3 is 9.47 Å². The van der Waals surface area contributed by atoms with Gasteiger partial charge in [0.2, 0.25) is 0 Å². The van der Waals surface area contributed by atoms with Gasteiger partial charge in [0.15, 0.2) is 0 Å². The van der Waals surface area contributed by atoms with Crippen molar-refractivity contribution >= 4 is 23.8 Å². The molecule has 0 saturated heterocycles. The third-order valence-electron chi connectivity index (χ3n) is 3.79. The largest absolute Gasteiger partial charge is 0.435 e. The van der Waals surface area contributed by atoms with Gasteiger partial charge in [-0.25, -0.2) is 0 Å². The molecule has 0 N–H and O–H groups in total. The van der Waals surface area contributed by atoms with Crippen LogP contribution in [0.5, 0.6) is 11.5 Å². The molecule has 0 radical (unpaired) electrons. The van der Waals surface area contributed by atoms with E-state index in [4.69, 9.17) is 0 Å². The fourth-order valence-electron chi connectivity index (χ4n) is 2.39. The second-order valence-corrected chi connectivity index (χ2v) is 5.93. The summed E-state index contributed by atoms with van der Waals surface area (Å²) < 4.78 is 57.2. The molecule has 154 valence electrons. The highest BCUT2D eigenvalue weighted by molar-refractivity contribution is 5.83. The van der Waals surface area contributed by atoms with Crippen molar-refractivity contribution in [2.24, 2.45) is 9.98 Å². The molecular weight excluding hydrogens is 400 g/mol. The van der Waals surface area contributed by atoms with Gasteiger partial charge in [0.05, 0.1) is 11.4 Å². The Kier molecular flexibility index (Phi) is 7.15. The van der Waals surface area contributed by atoms with E-state index in [9.17, 15) is 17.6 Å². The average molecular weight is 416 g/mol. The van der Waals surface area contributed by atoms with Gasteiger partial charge in [-0.05, 0) is 83.9 Å². The SMILES string of the molecule is FC(F)Oc1ccc(C=Nc2ccc(N=Cc3ccc(OC(F)F)cc3)cc2)cc1. The third-order valence-corrected chi connectivity index (χ3v) is 3.79. The van der Waals surface area contributed by atoms with E-state index in [2.05, 4.69) is 19.5 Å². The summed E-state index contributed by atoms with van der Waals surface area (Å²) in [5.74, 6) is 0.168. The maximum Gasteiger partial charge on any atom is 0.387 e. The molecule has 0 spiro atoms. The topological polar surface area (TPSA) is 43.2 Å². The standard InChI is InChI=1S/C22H16F4N2O2/c23-21(24)29-19-9-1-15(2-10-19)13-27-17-5-7-18(8-6-17)28-14-16-3-11-20(12-4-16)30-22(25)26/h1-14,21-22H. The van der Waals surface area contributed by atoms with Gasteiger partial charge in [-0.1, -0.05) is 0 Å². The minimum atomic E-state index is -2.86. The van der Waals surface area contributed by atoms with Gasteiger partial charge in [-0.3, -0.25) is 9.98 Å². The molecule has 0 atom stereocenters. The molecule has 4 nitrogen and oxygen atoms in total. The average Bonchev–Trinajstić information content (AvgIpc) is 2.73. The number of nitrogens with zero attached hydrogens (tertiary/aromatic N) is 2. The lowest BCUT2D eigenvalue weighted by Gasteiger charge is -2.03. The lowest BCUT2D eigenvalue weighted by atomic mass is 10.2. The molecular formula is C22H16F4N2O2. The highest BCUT2D eigenvalue weighted by Gasteiger charge is 2.04. The smallest absolute Gasteiger partial charge is 0.387 e. The van der Waals surface area contributed by atoms with Crippen LogP contribution in [0, 0.1) is 0 Å². The van der Waals surface area contributed by atoms with Crippen molar-refractivity contribution < 1.29 is 27.0 Å². The summed E-state index contributed by atoms with van der Waals surface area (Å²) in [6.45, 7) is -5.71. The molecule has 0 aromatic heterocycles. The van der Waals surface area contributed by atoms with Crippen LogP contribution in [0.25, 0.3) is 0 Å². The lowest BCUT2D eigenvalue weighted by molar-refractivity contribution is -0.0505. The van der Waals surface area contributed by atoms with Crippen LogP contribution in [0.15, 0.2) is 82.8 Å². The minimum absolute atomic E-state index is 0.0838. The van der Waals surface area contributed by atoms with E-state index in [1.54, 1.807) is 61.0 Å². The Morgan fingerprint density at radius 1 is 0.533 bits per heavy atom. The summed E-state index contributed by atoms with van der Waals surface area (Å²) in [6.07, 6.45) is 3.21. The number of hydrogen-bond donors (Lipinski definition) is 0. The first kappa shape index (κ1) is 21.0. The predicted molar refractivity (Wildman–Crippen MR) is 107 cm³/mol. The van der Waals surface area contributed by atoms with E-state index in [1.165, 1.54) is 24.3 Å². The Hall–Kier alpha value is -3.68. The first-order chi connectivity index (χ1) is 14.5. The monoisotopic (exact) mass is 416 g/mol. The van der Waals surface area contributed by atoms with Gasteiger partial charge in [0.25, 0.3) is 0 Å².